The van der Waals surface area contributed by atoms with Gasteiger partial charge in [-0.1, -0.05) is 80.0 Å². The summed E-state index contributed by atoms with van der Waals surface area (Å²) in [5, 5.41) is 29.5. The van der Waals surface area contributed by atoms with E-state index in [1.807, 2.05) is 41.5 Å². The Balaban J connectivity index is 1.95. The lowest BCUT2D eigenvalue weighted by Crippen LogP contribution is -2.59. The Kier molecular flexibility index (Phi) is 18.6. The van der Waals surface area contributed by atoms with Crippen LogP contribution in [0.4, 0.5) is 0 Å². The van der Waals surface area contributed by atoms with Crippen LogP contribution in [0.25, 0.3) is 0 Å². The Bertz CT molecular complexity index is 1460. The van der Waals surface area contributed by atoms with Gasteiger partial charge in [0.25, 0.3) is 0 Å². The van der Waals surface area contributed by atoms with Crippen molar-refractivity contribution in [3.8, 4) is 0 Å². The fraction of sp³-hybridized carbons (Fsp3) is 0.920. The molecule has 0 radical (unpaired) electrons. The third-order valence-electron chi connectivity index (χ3n) is 15.4. The van der Waals surface area contributed by atoms with Crippen LogP contribution >= 0.6 is 0 Å². The third kappa shape index (κ3) is 12.4. The number of hydrogen-bond donors (Lipinski definition) is 2. The molecule has 360 valence electrons. The van der Waals surface area contributed by atoms with Gasteiger partial charge in [-0.3, -0.25) is 4.79 Å². The first-order chi connectivity index (χ1) is 28.8. The van der Waals surface area contributed by atoms with Gasteiger partial charge in [-0.25, -0.2) is 0 Å². The topological polar surface area (TPSA) is 144 Å². The zero-order valence-corrected chi connectivity index (χ0v) is 41.6. The Morgan fingerprint density at radius 3 is 2.13 bits per heavy atom. The second-order valence-corrected chi connectivity index (χ2v) is 21.5. The van der Waals surface area contributed by atoms with Crippen LogP contribution < -0.4 is 0 Å². The van der Waals surface area contributed by atoms with Gasteiger partial charge in [-0.2, -0.15) is 0 Å². The van der Waals surface area contributed by atoms with Gasteiger partial charge in [0, 0.05) is 42.9 Å². The number of cyclic esters (lactones) is 1. The van der Waals surface area contributed by atoms with Crippen LogP contribution in [-0.4, -0.2) is 101 Å². The molecule has 3 saturated heterocycles. The quantitative estimate of drug-likeness (QED) is 0.0837. The summed E-state index contributed by atoms with van der Waals surface area (Å²) >= 11 is 0. The smallest absolute Gasteiger partial charge is 0.311 e. The first kappa shape index (κ1) is 53.0. The molecule has 4 aliphatic rings. The lowest BCUT2D eigenvalue weighted by atomic mass is 9.72. The lowest BCUT2D eigenvalue weighted by molar-refractivity contribution is -0.304. The van der Waals surface area contributed by atoms with Gasteiger partial charge in [0.05, 0.1) is 60.5 Å². The van der Waals surface area contributed by atoms with Crippen molar-refractivity contribution in [3.63, 3.8) is 0 Å². The molecule has 3 heterocycles. The molecule has 62 heavy (non-hydrogen) atoms. The third-order valence-corrected chi connectivity index (χ3v) is 15.4. The van der Waals surface area contributed by atoms with Crippen LogP contribution in [0.3, 0.4) is 0 Å². The number of ether oxygens (including phenoxy) is 7. The lowest BCUT2D eigenvalue weighted by Gasteiger charge is -2.50. The largest absolute Gasteiger partial charge is 0.459 e. The fourth-order valence-corrected chi connectivity index (χ4v) is 10.9. The number of aliphatic hydroxyl groups excluding tert-OH is 1. The van der Waals surface area contributed by atoms with E-state index in [1.54, 1.807) is 6.08 Å². The molecule has 4 rings (SSSR count). The van der Waals surface area contributed by atoms with Gasteiger partial charge in [0.15, 0.2) is 12.6 Å². The van der Waals surface area contributed by atoms with E-state index < -0.39 is 83.6 Å². The average molecular weight is 880 g/mol. The first-order valence-electron chi connectivity index (χ1n) is 24.2. The maximum Gasteiger partial charge on any atom is 0.311 e. The number of carbonyl (C=O) groups is 1. The molecule has 12 nitrogen and oxygen atoms in total. The van der Waals surface area contributed by atoms with E-state index in [9.17, 15) is 15.0 Å². The highest BCUT2D eigenvalue weighted by molar-refractivity contribution is 5.88. The zero-order chi connectivity index (χ0) is 46.5. The van der Waals surface area contributed by atoms with Crippen molar-refractivity contribution in [1.82, 2.24) is 0 Å². The molecule has 0 amide bonds. The van der Waals surface area contributed by atoms with Gasteiger partial charge in [-0.05, 0) is 97.8 Å². The minimum absolute atomic E-state index is 0.0289. The molecule has 1 saturated carbocycles. The zero-order valence-electron chi connectivity index (χ0n) is 41.6. The Hall–Kier alpha value is -1.64. The molecule has 0 spiro atoms. The van der Waals surface area contributed by atoms with Gasteiger partial charge < -0.3 is 48.2 Å². The van der Waals surface area contributed by atoms with Crippen LogP contribution in [0.15, 0.2) is 17.8 Å². The molecule has 4 fully saturated rings. The first-order valence-corrected chi connectivity index (χ1v) is 24.2. The van der Waals surface area contributed by atoms with E-state index in [0.717, 1.165) is 25.7 Å². The number of hydrogen-bond acceptors (Lipinski definition) is 12. The number of nitrogens with zero attached hydrogens (tertiary/aromatic N) is 1. The summed E-state index contributed by atoms with van der Waals surface area (Å²) in [6.07, 6.45) is 2.80. The van der Waals surface area contributed by atoms with Crippen LogP contribution in [0.2, 0.25) is 0 Å². The van der Waals surface area contributed by atoms with E-state index in [4.69, 9.17) is 43.2 Å². The van der Waals surface area contributed by atoms with Crippen molar-refractivity contribution in [1.29, 1.82) is 0 Å². The highest BCUT2D eigenvalue weighted by Gasteiger charge is 2.53. The number of rotatable bonds is 12. The Morgan fingerprint density at radius 1 is 0.903 bits per heavy atom. The molecule has 1 aliphatic carbocycles. The maximum absolute atomic E-state index is 14.7. The van der Waals surface area contributed by atoms with E-state index in [-0.39, 0.29) is 48.6 Å². The highest BCUT2D eigenvalue weighted by Crippen LogP contribution is 2.45. The van der Waals surface area contributed by atoms with E-state index in [0.29, 0.717) is 37.3 Å². The summed E-state index contributed by atoms with van der Waals surface area (Å²) in [7, 11) is 0. The summed E-state index contributed by atoms with van der Waals surface area (Å²) in [6, 6.07) is 0. The molecule has 0 aromatic rings. The van der Waals surface area contributed by atoms with Crippen molar-refractivity contribution >= 4 is 11.7 Å². The number of oxime groups is 1. The SMILES string of the molecule is C=CCO[C@@]1(C)C[C@@H](C)/C(=N\OC2(OC(C)C)CCCCC2)[C@H](C)[C@@H](O)[C@](C)(O)[C@@H](CC)OC(=O)[C@H](C)[C@@H](OC2CC(C)(C)[C@@H](C)[C@H](C)O2)[C@H](C)[C@H]1O[C@@H]1O[C@H](C)C[C@H](C)[C@H]1C. The van der Waals surface area contributed by atoms with E-state index in [2.05, 4.69) is 68.9 Å². The van der Waals surface area contributed by atoms with Gasteiger partial charge >= 0.3 is 5.97 Å². The molecule has 12 heteroatoms. The monoisotopic (exact) mass is 880 g/mol. The van der Waals surface area contributed by atoms with Crippen molar-refractivity contribution in [2.24, 2.45) is 52.0 Å². The summed E-state index contributed by atoms with van der Waals surface area (Å²) in [4.78, 5) is 21.2. The summed E-state index contributed by atoms with van der Waals surface area (Å²) in [5.74, 6) is -3.31. The van der Waals surface area contributed by atoms with Crippen LogP contribution in [0.1, 0.15) is 169 Å². The molecule has 0 aromatic carbocycles. The molecular weight excluding hydrogens is 791 g/mol. The average Bonchev–Trinajstić information content (AvgIpc) is 3.19. The summed E-state index contributed by atoms with van der Waals surface area (Å²) in [5.41, 5.74) is -2.53. The maximum atomic E-state index is 14.7. The molecule has 0 aromatic heterocycles. The predicted molar refractivity (Wildman–Crippen MR) is 242 cm³/mol. The highest BCUT2D eigenvalue weighted by atomic mass is 16.8. The van der Waals surface area contributed by atoms with Crippen LogP contribution in [-0.2, 0) is 42.8 Å². The number of esters is 1. The predicted octanol–water partition coefficient (Wildman–Crippen LogP) is 9.76. The normalized spacial score (nSPS) is 44.3. The molecule has 2 N–H and O–H groups in total. The van der Waals surface area contributed by atoms with Gasteiger partial charge in [0.1, 0.15) is 11.7 Å². The van der Waals surface area contributed by atoms with Crippen molar-refractivity contribution in [2.75, 3.05) is 6.61 Å². The molecule has 3 aliphatic heterocycles. The van der Waals surface area contributed by atoms with Crippen molar-refractivity contribution in [2.45, 2.75) is 241 Å². The Morgan fingerprint density at radius 2 is 1.55 bits per heavy atom. The minimum atomic E-state index is -1.87. The Labute approximate surface area is 375 Å². The summed E-state index contributed by atoms with van der Waals surface area (Å²) in [6.45, 7) is 36.6. The number of carbonyl (C=O) groups excluding carboxylic acids is 1. The van der Waals surface area contributed by atoms with Gasteiger partial charge in [-0.15, -0.1) is 6.58 Å². The molecular formula is C50H89NO11. The van der Waals surface area contributed by atoms with Crippen molar-refractivity contribution in [3.05, 3.63) is 12.7 Å². The van der Waals surface area contributed by atoms with E-state index in [1.165, 1.54) is 6.92 Å². The van der Waals surface area contributed by atoms with E-state index >= 15 is 0 Å². The minimum Gasteiger partial charge on any atom is -0.459 e. The molecule has 17 atom stereocenters. The van der Waals surface area contributed by atoms with Crippen LogP contribution in [0, 0.1) is 46.8 Å². The summed E-state index contributed by atoms with van der Waals surface area (Å²) < 4.78 is 47.3. The van der Waals surface area contributed by atoms with Crippen molar-refractivity contribution < 1.29 is 53.0 Å². The fourth-order valence-electron chi connectivity index (χ4n) is 10.9. The standard InChI is InChI=1S/C50H89NO11/c1-18-25-55-48(16)27-31(6)41(51-62-50(61-29(3)4)23-21-20-22-24-50)34(9)43(52)49(17,54)39(19-2)58-45(53)36(11)42(59-40-28-47(14,15)37(12)38(13)57-40)35(10)44(48)60-46-33(8)30(5)26-32(7)56-46/h18,29-40,42-44,46,52,54H,1,19-28H2,2-17H3/b51-41+/t30-,31+,32+,33+,34-,35-,36+,37-,38-,39+,40?,42-,43+,44+,46-,48-,49+/m0/s1. The molecule has 1 unspecified atom stereocenters. The second kappa shape index (κ2) is 21.8. The molecule has 0 bridgehead atoms. The number of aliphatic hydroxyl groups is 2. The second-order valence-electron chi connectivity index (χ2n) is 21.5. The van der Waals surface area contributed by atoms with Gasteiger partial charge in [0.2, 0.25) is 5.79 Å². The van der Waals surface area contributed by atoms with Crippen LogP contribution in [0.5, 0.6) is 0 Å².